The molecule has 4 N–H and O–H groups in total. The Labute approximate surface area is 217 Å². The number of nitrogens with one attached hydrogen (secondary N) is 2. The first kappa shape index (κ1) is 23.9. The van der Waals surface area contributed by atoms with Gasteiger partial charge in [-0.25, -0.2) is 4.98 Å². The number of aromatic amines is 2. The summed E-state index contributed by atoms with van der Waals surface area (Å²) < 4.78 is 0. The first-order valence-corrected chi connectivity index (χ1v) is 13.6. The van der Waals surface area contributed by atoms with Crippen molar-refractivity contribution in [2.45, 2.75) is 32.1 Å². The van der Waals surface area contributed by atoms with Crippen molar-refractivity contribution in [2.24, 2.45) is 5.92 Å². The molecule has 1 saturated heterocycles. The number of fused-ring (bicyclic) bond motifs is 2. The number of hydrogen-bond donors (Lipinski definition) is 3. The Hall–Kier alpha value is -3.52. The van der Waals surface area contributed by atoms with Gasteiger partial charge in [-0.15, -0.1) is 0 Å². The van der Waals surface area contributed by atoms with Gasteiger partial charge in [-0.05, 0) is 62.2 Å². The van der Waals surface area contributed by atoms with Gasteiger partial charge in [0.25, 0.3) is 5.56 Å². The minimum Gasteiger partial charge on any atom is -0.397 e. The number of anilines is 3. The summed E-state index contributed by atoms with van der Waals surface area (Å²) in [6, 6.07) is 12.4. The van der Waals surface area contributed by atoms with Crippen molar-refractivity contribution < 1.29 is 0 Å². The van der Waals surface area contributed by atoms with Crippen molar-refractivity contribution in [1.82, 2.24) is 19.9 Å². The first-order chi connectivity index (χ1) is 18.0. The molecule has 0 radical (unpaired) electrons. The van der Waals surface area contributed by atoms with E-state index < -0.39 is 0 Å². The van der Waals surface area contributed by atoms with Crippen LogP contribution in [0.25, 0.3) is 33.3 Å². The molecule has 0 atom stereocenters. The zero-order valence-electron chi connectivity index (χ0n) is 21.9. The Morgan fingerprint density at radius 3 is 2.57 bits per heavy atom. The van der Waals surface area contributed by atoms with E-state index in [1.807, 2.05) is 12.1 Å². The van der Waals surface area contributed by atoms with Gasteiger partial charge in [0.05, 0.1) is 22.2 Å². The van der Waals surface area contributed by atoms with E-state index in [1.54, 1.807) is 0 Å². The lowest BCUT2D eigenvalue weighted by atomic mass is 9.89. The second-order valence-corrected chi connectivity index (χ2v) is 10.9. The number of pyridine rings is 1. The summed E-state index contributed by atoms with van der Waals surface area (Å²) in [5.41, 5.74) is 12.1. The van der Waals surface area contributed by atoms with E-state index in [-0.39, 0.29) is 5.56 Å². The highest BCUT2D eigenvalue weighted by atomic mass is 16.1. The molecule has 2 fully saturated rings. The van der Waals surface area contributed by atoms with Gasteiger partial charge in [0.2, 0.25) is 0 Å². The van der Waals surface area contributed by atoms with Crippen molar-refractivity contribution in [3.8, 4) is 11.4 Å². The highest BCUT2D eigenvalue weighted by Crippen LogP contribution is 2.32. The molecule has 1 aliphatic carbocycles. The minimum atomic E-state index is -0.230. The molecule has 4 aromatic rings. The molecule has 8 heteroatoms. The Morgan fingerprint density at radius 1 is 1.00 bits per heavy atom. The number of benzene rings is 2. The maximum absolute atomic E-state index is 13.1. The quantitative estimate of drug-likeness (QED) is 0.376. The second kappa shape index (κ2) is 9.74. The van der Waals surface area contributed by atoms with Gasteiger partial charge in [-0.3, -0.25) is 4.79 Å². The fourth-order valence-electron chi connectivity index (χ4n) is 6.02. The predicted molar refractivity (Wildman–Crippen MR) is 154 cm³/mol. The number of rotatable bonds is 5. The zero-order valence-corrected chi connectivity index (χ0v) is 21.9. The SMILES string of the molecule is CN1CCN(c2ccc3nc(-c4c(N)c5cc(N(C)CC6CCCCC6)ccc5[nH]c4=O)[nH]c3c2)CC1. The number of aromatic nitrogens is 3. The number of hydrogen-bond acceptors (Lipinski definition) is 6. The monoisotopic (exact) mass is 499 g/mol. The molecule has 194 valence electrons. The Kier molecular flexibility index (Phi) is 6.28. The van der Waals surface area contributed by atoms with Gasteiger partial charge in [-0.1, -0.05) is 19.3 Å². The largest absolute Gasteiger partial charge is 0.397 e. The topological polar surface area (TPSA) is 97.3 Å². The molecule has 0 unspecified atom stereocenters. The van der Waals surface area contributed by atoms with E-state index in [2.05, 4.69) is 63.0 Å². The zero-order chi connectivity index (χ0) is 25.5. The Balaban J connectivity index is 1.33. The standard InChI is InChI=1S/C29H37N7O/c1-34-12-14-36(15-13-34)21-9-11-24-25(17-21)32-28(31-24)26-27(30)22-16-20(8-10-23(22)33-29(26)37)35(2)18-19-6-4-3-5-7-19/h8-11,16-17,19H,3-7,12-15,18H2,1-2H3,(H,31,32)(H3,30,33,37). The van der Waals surface area contributed by atoms with Crippen LogP contribution in [0.15, 0.2) is 41.2 Å². The first-order valence-electron chi connectivity index (χ1n) is 13.6. The maximum atomic E-state index is 13.1. The maximum Gasteiger partial charge on any atom is 0.261 e. The lowest BCUT2D eigenvalue weighted by Gasteiger charge is -2.34. The molecule has 1 saturated carbocycles. The summed E-state index contributed by atoms with van der Waals surface area (Å²) in [5, 5.41) is 0.848. The predicted octanol–water partition coefficient (Wildman–Crippen LogP) is 4.42. The van der Waals surface area contributed by atoms with Crippen LogP contribution in [0.5, 0.6) is 0 Å². The molecule has 6 rings (SSSR count). The lowest BCUT2D eigenvalue weighted by Crippen LogP contribution is -2.44. The molecule has 2 aromatic heterocycles. The second-order valence-electron chi connectivity index (χ2n) is 10.9. The number of likely N-dealkylation sites (N-methyl/N-ethyl adjacent to an activating group) is 1. The van der Waals surface area contributed by atoms with E-state index in [1.165, 1.54) is 37.8 Å². The Morgan fingerprint density at radius 2 is 1.78 bits per heavy atom. The number of piperazine rings is 1. The third kappa shape index (κ3) is 4.66. The summed E-state index contributed by atoms with van der Waals surface area (Å²) in [7, 11) is 4.31. The highest BCUT2D eigenvalue weighted by Gasteiger charge is 2.20. The molecule has 0 spiro atoms. The lowest BCUT2D eigenvalue weighted by molar-refractivity contribution is 0.313. The molecular formula is C29H37N7O. The molecule has 0 bridgehead atoms. The van der Waals surface area contributed by atoms with Crippen LogP contribution in [-0.2, 0) is 0 Å². The van der Waals surface area contributed by atoms with Crippen LogP contribution < -0.4 is 21.1 Å². The van der Waals surface area contributed by atoms with Crippen LogP contribution >= 0.6 is 0 Å². The van der Waals surface area contributed by atoms with Crippen LogP contribution in [0.3, 0.4) is 0 Å². The number of nitrogens with zero attached hydrogens (tertiary/aromatic N) is 4. The third-order valence-electron chi connectivity index (χ3n) is 8.31. The molecule has 1 aliphatic heterocycles. The number of imidazole rings is 1. The Bertz CT molecular complexity index is 1480. The van der Waals surface area contributed by atoms with Crippen LogP contribution in [-0.4, -0.2) is 66.7 Å². The summed E-state index contributed by atoms with van der Waals surface area (Å²) in [4.78, 5) is 31.4. The van der Waals surface area contributed by atoms with Crippen molar-refractivity contribution in [2.75, 3.05) is 62.4 Å². The fraction of sp³-hybridized carbons (Fsp3) is 0.448. The van der Waals surface area contributed by atoms with Crippen LogP contribution in [0, 0.1) is 5.92 Å². The van der Waals surface area contributed by atoms with Crippen LogP contribution in [0.4, 0.5) is 17.1 Å². The summed E-state index contributed by atoms with van der Waals surface area (Å²) >= 11 is 0. The third-order valence-corrected chi connectivity index (χ3v) is 8.31. The van der Waals surface area contributed by atoms with Crippen LogP contribution in [0.1, 0.15) is 32.1 Å². The highest BCUT2D eigenvalue weighted by molar-refractivity contribution is 5.99. The van der Waals surface area contributed by atoms with Crippen molar-refractivity contribution in [3.05, 3.63) is 46.8 Å². The van der Waals surface area contributed by atoms with E-state index in [0.29, 0.717) is 17.1 Å². The molecule has 0 amide bonds. The van der Waals surface area contributed by atoms with Gasteiger partial charge in [-0.2, -0.15) is 0 Å². The smallest absolute Gasteiger partial charge is 0.261 e. The molecule has 2 aliphatic rings. The van der Waals surface area contributed by atoms with Crippen molar-refractivity contribution >= 4 is 39.0 Å². The van der Waals surface area contributed by atoms with Gasteiger partial charge < -0.3 is 30.4 Å². The summed E-state index contributed by atoms with van der Waals surface area (Å²) in [6.45, 7) is 5.14. The fourth-order valence-corrected chi connectivity index (χ4v) is 6.02. The molecule has 3 heterocycles. The van der Waals surface area contributed by atoms with Crippen LogP contribution in [0.2, 0.25) is 0 Å². The number of nitrogen functional groups attached to an aromatic ring is 1. The van der Waals surface area contributed by atoms with Gasteiger partial charge in [0, 0.05) is 56.5 Å². The van der Waals surface area contributed by atoms with Gasteiger partial charge in [0.15, 0.2) is 0 Å². The summed E-state index contributed by atoms with van der Waals surface area (Å²) in [6.07, 6.45) is 6.65. The number of H-pyrrole nitrogens is 2. The van der Waals surface area contributed by atoms with E-state index in [0.717, 1.165) is 66.3 Å². The molecule has 2 aromatic carbocycles. The molecule has 37 heavy (non-hydrogen) atoms. The van der Waals surface area contributed by atoms with Crippen molar-refractivity contribution in [1.29, 1.82) is 0 Å². The normalized spacial score (nSPS) is 17.6. The van der Waals surface area contributed by atoms with E-state index >= 15 is 0 Å². The van der Waals surface area contributed by atoms with Gasteiger partial charge in [0.1, 0.15) is 11.4 Å². The minimum absolute atomic E-state index is 0.230. The molecule has 8 nitrogen and oxygen atoms in total. The summed E-state index contributed by atoms with van der Waals surface area (Å²) in [5.74, 6) is 1.25. The van der Waals surface area contributed by atoms with E-state index in [4.69, 9.17) is 10.7 Å². The average molecular weight is 500 g/mol. The van der Waals surface area contributed by atoms with Gasteiger partial charge >= 0.3 is 0 Å². The number of nitrogens with two attached hydrogens (primary N) is 1. The van der Waals surface area contributed by atoms with E-state index in [9.17, 15) is 4.79 Å². The molecular weight excluding hydrogens is 462 g/mol. The van der Waals surface area contributed by atoms with Crippen molar-refractivity contribution in [3.63, 3.8) is 0 Å². The average Bonchev–Trinajstić information content (AvgIpc) is 3.32.